The van der Waals surface area contributed by atoms with Crippen LogP contribution in [0.1, 0.15) is 62.8 Å². The highest BCUT2D eigenvalue weighted by molar-refractivity contribution is 5.68. The van der Waals surface area contributed by atoms with Crippen LogP contribution in [0.3, 0.4) is 0 Å². The second-order valence-electron chi connectivity index (χ2n) is 8.63. The van der Waals surface area contributed by atoms with Crippen molar-refractivity contribution >= 4 is 12.2 Å². The van der Waals surface area contributed by atoms with Gasteiger partial charge in [0, 0.05) is 12.0 Å². The van der Waals surface area contributed by atoms with Crippen molar-refractivity contribution in [2.45, 2.75) is 51.6 Å². The fourth-order valence-corrected chi connectivity index (χ4v) is 4.76. The van der Waals surface area contributed by atoms with Crippen LogP contribution < -0.4 is 15.1 Å². The maximum atomic E-state index is 12.9. The Bertz CT molecular complexity index is 938. The second-order valence-corrected chi connectivity index (χ2v) is 8.63. The van der Waals surface area contributed by atoms with Gasteiger partial charge in [-0.05, 0) is 61.8 Å². The standard InChI is InChI=1S/C24H28O4/c1-15(2)19-11-12-24(3)14-20(19)22-21(28-24)13-18(27-23(22)25)10-7-16-5-8-17(26-4)9-6-16/h5-10,13,15,19-20H,11-12,14H2,1-4H3/b10-7+/t19-,20+,24+/m1/s1. The number of rotatable bonds is 4. The lowest BCUT2D eigenvalue weighted by atomic mass is 9.64. The summed E-state index contributed by atoms with van der Waals surface area (Å²) >= 11 is 0. The first kappa shape index (κ1) is 18.9. The molecule has 4 nitrogen and oxygen atoms in total. The maximum Gasteiger partial charge on any atom is 0.343 e. The molecule has 1 aromatic heterocycles. The Kier molecular flexibility index (Phi) is 4.82. The van der Waals surface area contributed by atoms with E-state index in [0.717, 1.165) is 36.1 Å². The predicted octanol–water partition coefficient (Wildman–Crippen LogP) is 5.51. The number of benzene rings is 1. The molecule has 1 aliphatic heterocycles. The third-order valence-corrected chi connectivity index (χ3v) is 6.28. The van der Waals surface area contributed by atoms with E-state index in [-0.39, 0.29) is 17.1 Å². The topological polar surface area (TPSA) is 48.7 Å². The SMILES string of the molecule is COc1ccc(/C=C/c2cc3c(c(=O)o2)[C@H]2C[C@](C)(CC[C@@H]2C(C)C)O3)cc1. The highest BCUT2D eigenvalue weighted by atomic mass is 16.5. The Balaban J connectivity index is 1.67. The van der Waals surface area contributed by atoms with Gasteiger partial charge in [0.25, 0.3) is 0 Å². The minimum Gasteiger partial charge on any atom is -0.497 e. The molecular formula is C24H28O4. The molecule has 1 aromatic carbocycles. The van der Waals surface area contributed by atoms with Crippen molar-refractivity contribution in [3.8, 4) is 11.5 Å². The van der Waals surface area contributed by atoms with Gasteiger partial charge in [0.15, 0.2) is 0 Å². The summed E-state index contributed by atoms with van der Waals surface area (Å²) in [5.41, 5.74) is 1.29. The lowest BCUT2D eigenvalue weighted by Crippen LogP contribution is -2.46. The summed E-state index contributed by atoms with van der Waals surface area (Å²) in [6.45, 7) is 6.66. The minimum absolute atomic E-state index is 0.187. The molecule has 3 atom stereocenters. The monoisotopic (exact) mass is 380 g/mol. The molecule has 1 aliphatic carbocycles. The van der Waals surface area contributed by atoms with E-state index in [9.17, 15) is 4.79 Å². The van der Waals surface area contributed by atoms with Crippen LogP contribution in [0.2, 0.25) is 0 Å². The van der Waals surface area contributed by atoms with Crippen LogP contribution in [0.5, 0.6) is 11.5 Å². The first-order valence-electron chi connectivity index (χ1n) is 10.1. The third kappa shape index (κ3) is 3.48. The van der Waals surface area contributed by atoms with Gasteiger partial charge in [-0.15, -0.1) is 0 Å². The minimum atomic E-state index is -0.258. The lowest BCUT2D eigenvalue weighted by molar-refractivity contribution is -0.00977. The summed E-state index contributed by atoms with van der Waals surface area (Å²) in [7, 11) is 1.65. The smallest absolute Gasteiger partial charge is 0.343 e. The number of fused-ring (bicyclic) bond motifs is 4. The number of methoxy groups -OCH3 is 1. The van der Waals surface area contributed by atoms with E-state index >= 15 is 0 Å². The van der Waals surface area contributed by atoms with Crippen molar-refractivity contribution in [3.63, 3.8) is 0 Å². The Hall–Kier alpha value is -2.49. The summed E-state index contributed by atoms with van der Waals surface area (Å²) in [5.74, 6) is 3.29. The van der Waals surface area contributed by atoms with Crippen LogP contribution in [0, 0.1) is 11.8 Å². The molecule has 0 saturated heterocycles. The average Bonchev–Trinajstić information content (AvgIpc) is 2.65. The van der Waals surface area contributed by atoms with Crippen molar-refractivity contribution in [2.75, 3.05) is 7.11 Å². The lowest BCUT2D eigenvalue weighted by Gasteiger charge is -2.48. The molecule has 4 rings (SSSR count). The zero-order valence-corrected chi connectivity index (χ0v) is 17.0. The van der Waals surface area contributed by atoms with Gasteiger partial charge < -0.3 is 13.9 Å². The van der Waals surface area contributed by atoms with E-state index in [2.05, 4.69) is 20.8 Å². The summed E-state index contributed by atoms with van der Waals surface area (Å²) in [4.78, 5) is 12.9. The van der Waals surface area contributed by atoms with E-state index in [1.54, 1.807) is 7.11 Å². The molecule has 2 aromatic rings. The third-order valence-electron chi connectivity index (χ3n) is 6.28. The molecule has 0 N–H and O–H groups in total. The molecule has 1 fully saturated rings. The van der Waals surface area contributed by atoms with Gasteiger partial charge in [-0.2, -0.15) is 0 Å². The van der Waals surface area contributed by atoms with Crippen molar-refractivity contribution < 1.29 is 13.9 Å². The van der Waals surface area contributed by atoms with E-state index in [1.807, 2.05) is 42.5 Å². The zero-order chi connectivity index (χ0) is 19.9. The van der Waals surface area contributed by atoms with Gasteiger partial charge in [0.1, 0.15) is 22.9 Å². The van der Waals surface area contributed by atoms with E-state index in [1.165, 1.54) is 0 Å². The molecule has 2 bridgehead atoms. The first-order valence-corrected chi connectivity index (χ1v) is 10.1. The normalized spacial score (nSPS) is 26.2. The Labute approximate surface area is 166 Å². The highest BCUT2D eigenvalue weighted by Gasteiger charge is 2.47. The van der Waals surface area contributed by atoms with Crippen LogP contribution in [0.4, 0.5) is 0 Å². The molecule has 2 aliphatic rings. The first-order chi connectivity index (χ1) is 13.4. The van der Waals surface area contributed by atoms with Crippen LogP contribution in [0.15, 0.2) is 39.5 Å². The van der Waals surface area contributed by atoms with Gasteiger partial charge in [0.05, 0.1) is 12.7 Å². The molecule has 2 heterocycles. The summed E-state index contributed by atoms with van der Waals surface area (Å²) in [5, 5.41) is 0. The van der Waals surface area contributed by atoms with Gasteiger partial charge >= 0.3 is 5.63 Å². The zero-order valence-electron chi connectivity index (χ0n) is 17.0. The van der Waals surface area contributed by atoms with Gasteiger partial charge in [0.2, 0.25) is 0 Å². The van der Waals surface area contributed by atoms with Crippen molar-refractivity contribution in [2.24, 2.45) is 11.8 Å². The molecule has 0 radical (unpaired) electrons. The fraction of sp³-hybridized carbons (Fsp3) is 0.458. The molecule has 0 spiro atoms. The summed E-state index contributed by atoms with van der Waals surface area (Å²) < 4.78 is 17.1. The van der Waals surface area contributed by atoms with E-state index in [0.29, 0.717) is 23.3 Å². The number of hydrogen-bond donors (Lipinski definition) is 0. The van der Waals surface area contributed by atoms with Gasteiger partial charge in [-0.3, -0.25) is 0 Å². The molecule has 1 saturated carbocycles. The number of hydrogen-bond acceptors (Lipinski definition) is 4. The van der Waals surface area contributed by atoms with Gasteiger partial charge in [-0.1, -0.05) is 32.1 Å². The largest absolute Gasteiger partial charge is 0.497 e. The second kappa shape index (κ2) is 7.16. The molecule has 148 valence electrons. The maximum absolute atomic E-state index is 12.9. The van der Waals surface area contributed by atoms with Crippen LogP contribution >= 0.6 is 0 Å². The molecule has 28 heavy (non-hydrogen) atoms. The average molecular weight is 380 g/mol. The Morgan fingerprint density at radius 1 is 1.21 bits per heavy atom. The van der Waals surface area contributed by atoms with E-state index < -0.39 is 0 Å². The quantitative estimate of drug-likeness (QED) is 0.702. The van der Waals surface area contributed by atoms with Crippen LogP contribution in [-0.2, 0) is 0 Å². The Morgan fingerprint density at radius 3 is 2.64 bits per heavy atom. The van der Waals surface area contributed by atoms with Crippen molar-refractivity contribution in [3.05, 3.63) is 57.6 Å². The molecular weight excluding hydrogens is 352 g/mol. The van der Waals surface area contributed by atoms with Crippen molar-refractivity contribution in [1.29, 1.82) is 0 Å². The van der Waals surface area contributed by atoms with Gasteiger partial charge in [-0.25, -0.2) is 4.79 Å². The van der Waals surface area contributed by atoms with Crippen molar-refractivity contribution in [1.82, 2.24) is 0 Å². The van der Waals surface area contributed by atoms with Crippen LogP contribution in [-0.4, -0.2) is 12.7 Å². The Morgan fingerprint density at radius 2 is 1.96 bits per heavy atom. The molecule has 0 unspecified atom stereocenters. The summed E-state index contributed by atoms with van der Waals surface area (Å²) in [6.07, 6.45) is 6.76. The number of ether oxygens (including phenoxy) is 2. The molecule has 4 heteroatoms. The summed E-state index contributed by atoms with van der Waals surface area (Å²) in [6, 6.07) is 9.60. The predicted molar refractivity (Wildman–Crippen MR) is 111 cm³/mol. The molecule has 0 amide bonds. The van der Waals surface area contributed by atoms with Crippen LogP contribution in [0.25, 0.3) is 12.2 Å². The highest BCUT2D eigenvalue weighted by Crippen LogP contribution is 2.52. The fourth-order valence-electron chi connectivity index (χ4n) is 4.76. The van der Waals surface area contributed by atoms with E-state index in [4.69, 9.17) is 13.9 Å².